The van der Waals surface area contributed by atoms with Gasteiger partial charge in [-0.2, -0.15) is 0 Å². The van der Waals surface area contributed by atoms with Crippen molar-refractivity contribution in [2.24, 2.45) is 0 Å². The van der Waals surface area contributed by atoms with Crippen LogP contribution in [0, 0.1) is 6.92 Å². The normalized spacial score (nSPS) is 19.4. The summed E-state index contributed by atoms with van der Waals surface area (Å²) in [5.41, 5.74) is 0. The van der Waals surface area contributed by atoms with Crippen molar-refractivity contribution >= 4 is 23.6 Å². The Morgan fingerprint density at radius 1 is 1.65 bits per heavy atom. The molecule has 1 aliphatic heterocycles. The number of carbonyl (C=O) groups is 2. The van der Waals surface area contributed by atoms with Crippen LogP contribution in [0.3, 0.4) is 0 Å². The van der Waals surface area contributed by atoms with Crippen molar-refractivity contribution in [2.45, 2.75) is 24.5 Å². The molecule has 1 unspecified atom stereocenters. The fraction of sp³-hybridized carbons (Fsp3) is 0.556. The summed E-state index contributed by atoms with van der Waals surface area (Å²) in [5.74, 6) is -0.272. The summed E-state index contributed by atoms with van der Waals surface area (Å²) in [6.45, 7) is 2.33. The molecule has 7 nitrogen and oxygen atoms in total. The first-order chi connectivity index (χ1) is 8.08. The van der Waals surface area contributed by atoms with Crippen LogP contribution in [0.1, 0.15) is 18.3 Å². The smallest absolute Gasteiger partial charge is 0.313 e. The summed E-state index contributed by atoms with van der Waals surface area (Å²) in [6, 6.07) is -0.0196. The second-order valence-electron chi connectivity index (χ2n) is 3.74. The molecule has 1 fully saturated rings. The Bertz CT molecular complexity index is 459. The van der Waals surface area contributed by atoms with Crippen molar-refractivity contribution in [3.8, 4) is 0 Å². The van der Waals surface area contributed by atoms with E-state index in [9.17, 15) is 9.59 Å². The van der Waals surface area contributed by atoms with Crippen LogP contribution in [0.4, 0.5) is 0 Å². The van der Waals surface area contributed by atoms with Crippen LogP contribution in [-0.4, -0.2) is 44.0 Å². The average molecular weight is 256 g/mol. The van der Waals surface area contributed by atoms with Gasteiger partial charge in [0.15, 0.2) is 5.16 Å². The number of carboxylic acid groups (broad SMARTS) is 1. The number of aliphatic carboxylic acids is 1. The zero-order valence-electron chi connectivity index (χ0n) is 9.21. The topological polar surface area (TPSA) is 97.1 Å². The number of nitrogens with zero attached hydrogens (tertiary/aromatic N) is 3. The van der Waals surface area contributed by atoms with Gasteiger partial charge in [-0.15, -0.1) is 10.2 Å². The van der Waals surface area contributed by atoms with Gasteiger partial charge in [0.05, 0.1) is 11.8 Å². The van der Waals surface area contributed by atoms with Crippen molar-refractivity contribution in [1.29, 1.82) is 0 Å². The average Bonchev–Trinajstić information content (AvgIpc) is 2.82. The summed E-state index contributed by atoms with van der Waals surface area (Å²) < 4.78 is 1.82. The van der Waals surface area contributed by atoms with Crippen molar-refractivity contribution in [3.63, 3.8) is 0 Å². The van der Waals surface area contributed by atoms with Gasteiger partial charge in [-0.1, -0.05) is 11.8 Å². The number of thioether (sulfide) groups is 1. The minimum Gasteiger partial charge on any atom is -0.481 e. The maximum Gasteiger partial charge on any atom is 0.313 e. The lowest BCUT2D eigenvalue weighted by molar-refractivity contribution is -0.134. The third-order valence-corrected chi connectivity index (χ3v) is 3.41. The molecule has 1 atom stereocenters. The molecule has 2 heterocycles. The number of carbonyl (C=O) groups excluding carboxylic acids is 1. The molecule has 0 bridgehead atoms. The zero-order valence-corrected chi connectivity index (χ0v) is 10.0. The summed E-state index contributed by atoms with van der Waals surface area (Å²) in [5, 5.41) is 19.8. The van der Waals surface area contributed by atoms with Crippen LogP contribution in [-0.2, 0) is 9.59 Å². The second kappa shape index (κ2) is 4.74. The van der Waals surface area contributed by atoms with Crippen LogP contribution in [0.5, 0.6) is 0 Å². The predicted octanol–water partition coefficient (Wildman–Crippen LogP) is -0.176. The van der Waals surface area contributed by atoms with E-state index in [-0.39, 0.29) is 17.7 Å². The van der Waals surface area contributed by atoms with Gasteiger partial charge in [0, 0.05) is 13.0 Å². The molecule has 2 rings (SSSR count). The summed E-state index contributed by atoms with van der Waals surface area (Å²) in [6.07, 6.45) is 0.388. The molecule has 92 valence electrons. The number of hydrogen-bond acceptors (Lipinski definition) is 5. The van der Waals surface area contributed by atoms with Gasteiger partial charge in [-0.05, 0) is 6.92 Å². The van der Waals surface area contributed by atoms with Crippen molar-refractivity contribution in [3.05, 3.63) is 5.82 Å². The Morgan fingerprint density at radius 3 is 3.00 bits per heavy atom. The molecule has 0 saturated carbocycles. The van der Waals surface area contributed by atoms with Crippen LogP contribution >= 0.6 is 11.8 Å². The van der Waals surface area contributed by atoms with E-state index >= 15 is 0 Å². The highest BCUT2D eigenvalue weighted by molar-refractivity contribution is 7.99. The molecule has 1 saturated heterocycles. The van der Waals surface area contributed by atoms with Gasteiger partial charge in [0.2, 0.25) is 5.91 Å². The van der Waals surface area contributed by atoms with Crippen LogP contribution in [0.15, 0.2) is 5.16 Å². The lowest BCUT2D eigenvalue weighted by Gasteiger charge is -2.13. The Hall–Kier alpha value is -1.57. The molecular weight excluding hydrogens is 244 g/mol. The molecule has 8 heteroatoms. The number of nitrogens with one attached hydrogen (secondary N) is 1. The number of aryl methyl sites for hydroxylation is 1. The van der Waals surface area contributed by atoms with Gasteiger partial charge in [-0.25, -0.2) is 0 Å². The van der Waals surface area contributed by atoms with E-state index in [1.54, 1.807) is 6.92 Å². The highest BCUT2D eigenvalue weighted by atomic mass is 32.2. The third-order valence-electron chi connectivity index (χ3n) is 2.48. The van der Waals surface area contributed by atoms with Crippen LogP contribution < -0.4 is 5.32 Å². The molecule has 1 aromatic rings. The molecule has 1 amide bonds. The highest BCUT2D eigenvalue weighted by Crippen LogP contribution is 2.25. The Balaban J connectivity index is 2.17. The van der Waals surface area contributed by atoms with E-state index in [0.717, 1.165) is 11.8 Å². The molecule has 0 aliphatic carbocycles. The SMILES string of the molecule is Cc1nnc(SCC(=O)O)n1C1CNC(=O)C1. The first-order valence-corrected chi connectivity index (χ1v) is 6.09. The zero-order chi connectivity index (χ0) is 12.4. The number of carboxylic acids is 1. The first-order valence-electron chi connectivity index (χ1n) is 5.10. The molecule has 2 N–H and O–H groups in total. The van der Waals surface area contributed by atoms with Gasteiger partial charge in [-0.3, -0.25) is 9.59 Å². The minimum absolute atomic E-state index is 0.00251. The summed E-state index contributed by atoms with van der Waals surface area (Å²) in [4.78, 5) is 21.7. The first kappa shape index (κ1) is 11.9. The fourth-order valence-corrected chi connectivity index (χ4v) is 2.54. The number of amides is 1. The molecule has 0 radical (unpaired) electrons. The lowest BCUT2D eigenvalue weighted by Crippen LogP contribution is -2.17. The minimum atomic E-state index is -0.900. The van der Waals surface area contributed by atoms with Gasteiger partial charge < -0.3 is 15.0 Å². The standard InChI is InChI=1S/C9H12N4O3S/c1-5-11-12-9(17-4-8(15)16)13(5)6-2-7(14)10-3-6/h6H,2-4H2,1H3,(H,10,14)(H,15,16). The molecule has 1 aromatic heterocycles. The van der Waals surface area contributed by atoms with Crippen LogP contribution in [0.2, 0.25) is 0 Å². The highest BCUT2D eigenvalue weighted by Gasteiger charge is 2.27. The van der Waals surface area contributed by atoms with Gasteiger partial charge in [0.1, 0.15) is 5.82 Å². The Labute approximate surface area is 102 Å². The van der Waals surface area contributed by atoms with Gasteiger partial charge >= 0.3 is 5.97 Å². The van der Waals surface area contributed by atoms with E-state index in [4.69, 9.17) is 5.11 Å². The van der Waals surface area contributed by atoms with Crippen molar-refractivity contribution in [2.75, 3.05) is 12.3 Å². The molecule has 0 aromatic carbocycles. The summed E-state index contributed by atoms with van der Waals surface area (Å²) in [7, 11) is 0. The van der Waals surface area contributed by atoms with Gasteiger partial charge in [0.25, 0.3) is 0 Å². The number of hydrogen-bond donors (Lipinski definition) is 2. The maximum absolute atomic E-state index is 11.2. The van der Waals surface area contributed by atoms with E-state index in [0.29, 0.717) is 23.9 Å². The molecule has 1 aliphatic rings. The van der Waals surface area contributed by atoms with E-state index in [1.165, 1.54) is 0 Å². The molecule has 0 spiro atoms. The summed E-state index contributed by atoms with van der Waals surface area (Å²) >= 11 is 1.11. The van der Waals surface area contributed by atoms with Crippen LogP contribution in [0.25, 0.3) is 0 Å². The lowest BCUT2D eigenvalue weighted by atomic mass is 10.2. The molecular formula is C9H12N4O3S. The fourth-order valence-electron chi connectivity index (χ4n) is 1.77. The maximum atomic E-state index is 11.2. The Kier molecular flexibility index (Phi) is 3.32. The van der Waals surface area contributed by atoms with E-state index < -0.39 is 5.97 Å². The van der Waals surface area contributed by atoms with E-state index in [1.807, 2.05) is 4.57 Å². The number of rotatable bonds is 4. The number of aromatic nitrogens is 3. The third kappa shape index (κ3) is 2.57. The second-order valence-corrected chi connectivity index (χ2v) is 4.69. The van der Waals surface area contributed by atoms with Crippen molar-refractivity contribution in [1.82, 2.24) is 20.1 Å². The Morgan fingerprint density at radius 2 is 2.41 bits per heavy atom. The quantitative estimate of drug-likeness (QED) is 0.726. The predicted molar refractivity (Wildman–Crippen MR) is 59.8 cm³/mol. The molecule has 17 heavy (non-hydrogen) atoms. The monoisotopic (exact) mass is 256 g/mol. The van der Waals surface area contributed by atoms with E-state index in [2.05, 4.69) is 15.5 Å². The largest absolute Gasteiger partial charge is 0.481 e. The van der Waals surface area contributed by atoms with Crippen molar-refractivity contribution < 1.29 is 14.7 Å².